The van der Waals surface area contributed by atoms with Crippen molar-refractivity contribution in [3.8, 4) is 0 Å². The van der Waals surface area contributed by atoms with Gasteiger partial charge in [0.25, 0.3) is 0 Å². The van der Waals surface area contributed by atoms with Crippen LogP contribution in [0.15, 0.2) is 0 Å². The predicted octanol–water partition coefficient (Wildman–Crippen LogP) is 1.64. The normalized spacial score (nSPS) is 26.9. The Hall–Kier alpha value is -1.13. The Labute approximate surface area is 113 Å². The fraction of sp³-hybridized carbons (Fsp3) is 0.857. The first-order chi connectivity index (χ1) is 8.83. The molecule has 1 saturated heterocycles. The standard InChI is InChI=1S/C14H23FN2O2/c1-13(2,3)10-11(18)17(9-8-15)14(12(19)16-10)6-4-5-7-14/h10H,4-9H2,1-3H3,(H,16,19). The minimum atomic E-state index is -0.787. The summed E-state index contributed by atoms with van der Waals surface area (Å²) in [7, 11) is 0. The van der Waals surface area contributed by atoms with E-state index in [0.29, 0.717) is 12.8 Å². The number of nitrogens with zero attached hydrogens (tertiary/aromatic N) is 1. The van der Waals surface area contributed by atoms with Gasteiger partial charge in [0.15, 0.2) is 0 Å². The summed E-state index contributed by atoms with van der Waals surface area (Å²) in [6.07, 6.45) is 3.15. The van der Waals surface area contributed by atoms with Crippen LogP contribution < -0.4 is 5.32 Å². The Balaban J connectivity index is 2.35. The zero-order valence-corrected chi connectivity index (χ0v) is 12.0. The largest absolute Gasteiger partial charge is 0.342 e. The van der Waals surface area contributed by atoms with Gasteiger partial charge in [-0.3, -0.25) is 9.59 Å². The lowest BCUT2D eigenvalue weighted by Gasteiger charge is -2.48. The smallest absolute Gasteiger partial charge is 0.246 e. The average Bonchev–Trinajstić information content (AvgIpc) is 2.79. The van der Waals surface area contributed by atoms with E-state index in [1.54, 1.807) is 0 Å². The van der Waals surface area contributed by atoms with Gasteiger partial charge in [-0.05, 0) is 18.3 Å². The SMILES string of the molecule is CC(C)(C)C1NC(=O)C2(CCCC2)N(CCF)C1=O. The Morgan fingerprint density at radius 3 is 2.37 bits per heavy atom. The molecule has 0 aromatic rings. The van der Waals surface area contributed by atoms with Crippen molar-refractivity contribution >= 4 is 11.8 Å². The molecule has 0 aromatic carbocycles. The lowest BCUT2D eigenvalue weighted by Crippen LogP contribution is -2.72. The zero-order valence-electron chi connectivity index (χ0n) is 12.0. The third kappa shape index (κ3) is 2.23. The molecule has 2 fully saturated rings. The fourth-order valence-corrected chi connectivity index (χ4v) is 3.27. The van der Waals surface area contributed by atoms with Crippen molar-refractivity contribution in [2.45, 2.75) is 58.0 Å². The minimum Gasteiger partial charge on any atom is -0.342 e. The Bertz CT molecular complexity index is 383. The van der Waals surface area contributed by atoms with Gasteiger partial charge >= 0.3 is 0 Å². The van der Waals surface area contributed by atoms with Crippen LogP contribution >= 0.6 is 0 Å². The molecule has 2 aliphatic rings. The molecule has 1 aliphatic heterocycles. The van der Waals surface area contributed by atoms with Crippen LogP contribution in [-0.4, -0.2) is 41.5 Å². The molecule has 1 N–H and O–H groups in total. The van der Waals surface area contributed by atoms with Gasteiger partial charge in [-0.2, -0.15) is 0 Å². The van der Waals surface area contributed by atoms with Gasteiger partial charge in [-0.25, -0.2) is 4.39 Å². The second-order valence-electron chi connectivity index (χ2n) is 6.69. The summed E-state index contributed by atoms with van der Waals surface area (Å²) in [6, 6.07) is -0.558. The van der Waals surface area contributed by atoms with E-state index >= 15 is 0 Å². The predicted molar refractivity (Wildman–Crippen MR) is 70.3 cm³/mol. The highest BCUT2D eigenvalue weighted by Crippen LogP contribution is 2.40. The average molecular weight is 270 g/mol. The molecule has 1 spiro atoms. The van der Waals surface area contributed by atoms with E-state index in [-0.39, 0.29) is 23.8 Å². The zero-order chi connectivity index (χ0) is 14.3. The van der Waals surface area contributed by atoms with E-state index in [4.69, 9.17) is 0 Å². The van der Waals surface area contributed by atoms with Crippen molar-refractivity contribution in [2.75, 3.05) is 13.2 Å². The molecular weight excluding hydrogens is 247 g/mol. The second-order valence-corrected chi connectivity index (χ2v) is 6.69. The molecule has 1 atom stereocenters. The number of halogens is 1. The topological polar surface area (TPSA) is 49.4 Å². The summed E-state index contributed by atoms with van der Waals surface area (Å²) >= 11 is 0. The Kier molecular flexibility index (Phi) is 3.58. The first-order valence-corrected chi connectivity index (χ1v) is 7.01. The summed E-state index contributed by atoms with van der Waals surface area (Å²) < 4.78 is 12.8. The molecule has 0 aromatic heterocycles. The molecule has 1 heterocycles. The van der Waals surface area contributed by atoms with Crippen molar-refractivity contribution in [3.63, 3.8) is 0 Å². The number of rotatable bonds is 2. The number of amides is 2. The third-order valence-corrected chi connectivity index (χ3v) is 4.33. The van der Waals surface area contributed by atoms with Crippen molar-refractivity contribution in [1.29, 1.82) is 0 Å². The van der Waals surface area contributed by atoms with E-state index in [9.17, 15) is 14.0 Å². The highest BCUT2D eigenvalue weighted by molar-refractivity contribution is 6.00. The van der Waals surface area contributed by atoms with Crippen molar-refractivity contribution in [2.24, 2.45) is 5.41 Å². The molecule has 108 valence electrons. The summed E-state index contributed by atoms with van der Waals surface area (Å²) in [5.74, 6) is -0.232. The van der Waals surface area contributed by atoms with Crippen LogP contribution in [0.1, 0.15) is 46.5 Å². The Morgan fingerprint density at radius 2 is 1.89 bits per heavy atom. The van der Waals surface area contributed by atoms with E-state index in [1.165, 1.54) is 4.90 Å². The van der Waals surface area contributed by atoms with Crippen LogP contribution in [0.5, 0.6) is 0 Å². The van der Waals surface area contributed by atoms with Crippen LogP contribution in [0.25, 0.3) is 0 Å². The lowest BCUT2D eigenvalue weighted by molar-refractivity contribution is -0.160. The highest BCUT2D eigenvalue weighted by atomic mass is 19.1. The van der Waals surface area contributed by atoms with E-state index < -0.39 is 18.3 Å². The molecule has 0 bridgehead atoms. The molecule has 1 aliphatic carbocycles. The highest BCUT2D eigenvalue weighted by Gasteiger charge is 2.55. The molecule has 19 heavy (non-hydrogen) atoms. The van der Waals surface area contributed by atoms with E-state index in [1.807, 2.05) is 20.8 Å². The van der Waals surface area contributed by atoms with Gasteiger partial charge in [0.2, 0.25) is 11.8 Å². The van der Waals surface area contributed by atoms with Crippen LogP contribution in [0.3, 0.4) is 0 Å². The maximum atomic E-state index is 12.8. The molecule has 1 saturated carbocycles. The van der Waals surface area contributed by atoms with Gasteiger partial charge in [-0.15, -0.1) is 0 Å². The maximum absolute atomic E-state index is 12.8. The summed E-state index contributed by atoms with van der Waals surface area (Å²) in [4.78, 5) is 26.6. The van der Waals surface area contributed by atoms with E-state index in [0.717, 1.165) is 12.8 Å². The first-order valence-electron chi connectivity index (χ1n) is 7.01. The number of hydrogen-bond acceptors (Lipinski definition) is 2. The number of hydrogen-bond donors (Lipinski definition) is 1. The molecule has 2 rings (SSSR count). The summed E-state index contributed by atoms with van der Waals surface area (Å²) in [5.41, 5.74) is -1.15. The summed E-state index contributed by atoms with van der Waals surface area (Å²) in [5, 5.41) is 2.87. The number of carbonyl (C=O) groups excluding carboxylic acids is 2. The van der Waals surface area contributed by atoms with Crippen molar-refractivity contribution in [1.82, 2.24) is 10.2 Å². The molecule has 0 radical (unpaired) electrons. The van der Waals surface area contributed by atoms with Gasteiger partial charge in [-0.1, -0.05) is 33.6 Å². The van der Waals surface area contributed by atoms with Gasteiger partial charge in [0.05, 0.1) is 6.54 Å². The molecule has 5 heteroatoms. The van der Waals surface area contributed by atoms with Crippen LogP contribution in [0.2, 0.25) is 0 Å². The van der Waals surface area contributed by atoms with E-state index in [2.05, 4.69) is 5.32 Å². The van der Waals surface area contributed by atoms with Crippen LogP contribution in [0.4, 0.5) is 4.39 Å². The quantitative estimate of drug-likeness (QED) is 0.829. The van der Waals surface area contributed by atoms with Crippen molar-refractivity contribution < 1.29 is 14.0 Å². The van der Waals surface area contributed by atoms with Crippen molar-refractivity contribution in [3.05, 3.63) is 0 Å². The number of alkyl halides is 1. The monoisotopic (exact) mass is 270 g/mol. The van der Waals surface area contributed by atoms with Crippen LogP contribution in [0, 0.1) is 5.41 Å². The number of nitrogens with one attached hydrogen (secondary N) is 1. The molecule has 1 unspecified atom stereocenters. The van der Waals surface area contributed by atoms with Crippen LogP contribution in [-0.2, 0) is 9.59 Å². The molecule has 4 nitrogen and oxygen atoms in total. The lowest BCUT2D eigenvalue weighted by atomic mass is 9.80. The second kappa shape index (κ2) is 4.76. The maximum Gasteiger partial charge on any atom is 0.246 e. The van der Waals surface area contributed by atoms with Gasteiger partial charge < -0.3 is 10.2 Å². The molecular formula is C14H23FN2O2. The Morgan fingerprint density at radius 1 is 1.32 bits per heavy atom. The van der Waals surface area contributed by atoms with Gasteiger partial charge in [0.1, 0.15) is 18.3 Å². The number of piperazine rings is 1. The minimum absolute atomic E-state index is 0.0266. The fourth-order valence-electron chi connectivity index (χ4n) is 3.27. The number of carbonyl (C=O) groups is 2. The molecule has 2 amide bonds. The first kappa shape index (κ1) is 14.3. The van der Waals surface area contributed by atoms with Gasteiger partial charge in [0, 0.05) is 0 Å². The summed E-state index contributed by atoms with van der Waals surface area (Å²) in [6.45, 7) is 5.17. The third-order valence-electron chi connectivity index (χ3n) is 4.33.